The standard InChI is InChI=1S/C23H14Cl4N2O2S/c24-15-3-6-18(7-4-15)28-23-29-22(30)21(32-23)10-14-9-16(25)5-8-20(14)31-12-13-1-2-17(26)11-19(13)27/h1-11H,12H2,(H,28,29,30)/b21-10-. The molecular formula is C23H14Cl4N2O2S. The van der Waals surface area contributed by atoms with Gasteiger partial charge in [-0.15, -0.1) is 0 Å². The number of rotatable bonds is 5. The molecule has 9 heteroatoms. The number of carbonyl (C=O) groups is 1. The van der Waals surface area contributed by atoms with Gasteiger partial charge in [-0.3, -0.25) is 4.79 Å². The van der Waals surface area contributed by atoms with Crippen LogP contribution in [0, 0.1) is 0 Å². The molecule has 162 valence electrons. The van der Waals surface area contributed by atoms with E-state index in [1.54, 1.807) is 66.7 Å². The molecule has 3 aromatic carbocycles. The third-order valence-electron chi connectivity index (χ3n) is 4.36. The Kier molecular flexibility index (Phi) is 7.33. The highest BCUT2D eigenvalue weighted by Crippen LogP contribution is 2.33. The summed E-state index contributed by atoms with van der Waals surface area (Å²) in [6.45, 7) is 0.233. The Bertz CT molecular complexity index is 1240. The Morgan fingerprint density at radius 1 is 0.906 bits per heavy atom. The average Bonchev–Trinajstić information content (AvgIpc) is 3.09. The van der Waals surface area contributed by atoms with Crippen LogP contribution in [0.3, 0.4) is 0 Å². The predicted octanol–water partition coefficient (Wildman–Crippen LogP) is 7.77. The highest BCUT2D eigenvalue weighted by molar-refractivity contribution is 8.18. The van der Waals surface area contributed by atoms with E-state index in [9.17, 15) is 4.79 Å². The first-order valence-corrected chi connectivity index (χ1v) is 11.6. The monoisotopic (exact) mass is 522 g/mol. The van der Waals surface area contributed by atoms with Gasteiger partial charge < -0.3 is 10.1 Å². The molecule has 3 aromatic rings. The number of hydrogen-bond acceptors (Lipinski definition) is 4. The van der Waals surface area contributed by atoms with Gasteiger partial charge in [0.2, 0.25) is 0 Å². The Morgan fingerprint density at radius 3 is 2.34 bits per heavy atom. The van der Waals surface area contributed by atoms with Crippen LogP contribution in [0.1, 0.15) is 11.1 Å². The van der Waals surface area contributed by atoms with Crippen LogP contribution in [0.25, 0.3) is 6.08 Å². The molecule has 1 aliphatic rings. The number of halogens is 4. The van der Waals surface area contributed by atoms with Crippen molar-refractivity contribution in [3.05, 3.63) is 96.8 Å². The summed E-state index contributed by atoms with van der Waals surface area (Å²) in [6, 6.07) is 17.4. The second-order valence-electron chi connectivity index (χ2n) is 6.66. The Morgan fingerprint density at radius 2 is 1.59 bits per heavy atom. The van der Waals surface area contributed by atoms with E-state index in [0.717, 1.165) is 5.56 Å². The summed E-state index contributed by atoms with van der Waals surface area (Å²) in [5.41, 5.74) is 2.13. The fourth-order valence-electron chi connectivity index (χ4n) is 2.81. The zero-order valence-electron chi connectivity index (χ0n) is 16.2. The summed E-state index contributed by atoms with van der Waals surface area (Å²) in [4.78, 5) is 17.4. The molecule has 0 radical (unpaired) electrons. The van der Waals surface area contributed by atoms with Gasteiger partial charge in [0, 0.05) is 31.2 Å². The number of hydrogen-bond donors (Lipinski definition) is 1. The molecule has 0 atom stereocenters. The topological polar surface area (TPSA) is 50.7 Å². The van der Waals surface area contributed by atoms with E-state index in [2.05, 4.69) is 10.3 Å². The lowest BCUT2D eigenvalue weighted by atomic mass is 10.1. The first-order chi connectivity index (χ1) is 15.4. The fraction of sp³-hybridized carbons (Fsp3) is 0.0435. The molecule has 0 aromatic heterocycles. The number of carbonyl (C=O) groups excluding carboxylic acids is 1. The Labute approximate surface area is 209 Å². The quantitative estimate of drug-likeness (QED) is 0.347. The lowest BCUT2D eigenvalue weighted by Crippen LogP contribution is -2.19. The normalized spacial score (nSPS) is 15.9. The van der Waals surface area contributed by atoms with Crippen LogP contribution in [0.4, 0.5) is 5.69 Å². The molecule has 0 spiro atoms. The summed E-state index contributed by atoms with van der Waals surface area (Å²) in [5, 5.41) is 5.44. The number of nitrogens with zero attached hydrogens (tertiary/aromatic N) is 1. The van der Waals surface area contributed by atoms with Gasteiger partial charge in [0.1, 0.15) is 12.4 Å². The summed E-state index contributed by atoms with van der Waals surface area (Å²) in [5.74, 6) is 0.304. The van der Waals surface area contributed by atoms with Gasteiger partial charge in [-0.05, 0) is 72.4 Å². The molecule has 1 saturated heterocycles. The number of benzene rings is 3. The van der Waals surface area contributed by atoms with Crippen LogP contribution in [0.15, 0.2) is 70.6 Å². The smallest absolute Gasteiger partial charge is 0.264 e. The maximum Gasteiger partial charge on any atom is 0.264 e. The van der Waals surface area contributed by atoms with Crippen LogP contribution in [-0.4, -0.2) is 11.1 Å². The Hall–Kier alpha value is -2.15. The number of aliphatic imine (C=N–C) groups is 1. The van der Waals surface area contributed by atoms with E-state index in [1.165, 1.54) is 11.8 Å². The first kappa shape index (κ1) is 23.0. The summed E-state index contributed by atoms with van der Waals surface area (Å²) < 4.78 is 5.96. The molecule has 0 bridgehead atoms. The van der Waals surface area contributed by atoms with Gasteiger partial charge in [-0.2, -0.15) is 0 Å². The second kappa shape index (κ2) is 10.2. The SMILES string of the molecule is O=C1NC(=Nc2ccc(Cl)cc2)S/C1=C\c1cc(Cl)ccc1OCc1ccc(Cl)cc1Cl. The molecule has 1 N–H and O–H groups in total. The van der Waals surface area contributed by atoms with Crippen molar-refractivity contribution in [3.63, 3.8) is 0 Å². The van der Waals surface area contributed by atoms with Crippen molar-refractivity contribution in [2.45, 2.75) is 6.61 Å². The molecular weight excluding hydrogens is 510 g/mol. The average molecular weight is 524 g/mol. The van der Waals surface area contributed by atoms with Crippen molar-refractivity contribution in [3.8, 4) is 5.75 Å². The molecule has 1 heterocycles. The van der Waals surface area contributed by atoms with Crippen LogP contribution in [0.2, 0.25) is 20.1 Å². The maximum atomic E-state index is 12.5. The van der Waals surface area contributed by atoms with Gasteiger partial charge in [0.05, 0.1) is 10.6 Å². The van der Waals surface area contributed by atoms with Gasteiger partial charge in [-0.1, -0.05) is 52.5 Å². The van der Waals surface area contributed by atoms with Crippen LogP contribution < -0.4 is 10.1 Å². The minimum atomic E-state index is -0.255. The molecule has 32 heavy (non-hydrogen) atoms. The van der Waals surface area contributed by atoms with E-state index < -0.39 is 0 Å². The second-order valence-corrected chi connectivity index (χ2v) is 9.41. The van der Waals surface area contributed by atoms with Gasteiger partial charge in [0.25, 0.3) is 5.91 Å². The zero-order valence-corrected chi connectivity index (χ0v) is 20.1. The van der Waals surface area contributed by atoms with E-state index in [-0.39, 0.29) is 12.5 Å². The lowest BCUT2D eigenvalue weighted by molar-refractivity contribution is -0.115. The minimum absolute atomic E-state index is 0.233. The fourth-order valence-corrected chi connectivity index (χ4v) is 4.41. The first-order valence-electron chi connectivity index (χ1n) is 9.29. The lowest BCUT2D eigenvalue weighted by Gasteiger charge is -2.11. The van der Waals surface area contributed by atoms with Crippen molar-refractivity contribution in [1.29, 1.82) is 0 Å². The Balaban J connectivity index is 1.56. The number of thioether (sulfide) groups is 1. The number of amidine groups is 1. The summed E-state index contributed by atoms with van der Waals surface area (Å²) in [6.07, 6.45) is 1.72. The largest absolute Gasteiger partial charge is 0.488 e. The molecule has 1 amide bonds. The number of ether oxygens (including phenoxy) is 1. The van der Waals surface area contributed by atoms with Crippen LogP contribution >= 0.6 is 58.2 Å². The maximum absolute atomic E-state index is 12.5. The molecule has 4 nitrogen and oxygen atoms in total. The summed E-state index contributed by atoms with van der Waals surface area (Å²) >= 11 is 25.5. The van der Waals surface area contributed by atoms with Gasteiger partial charge in [0.15, 0.2) is 5.17 Å². The highest BCUT2D eigenvalue weighted by Gasteiger charge is 2.24. The van der Waals surface area contributed by atoms with Crippen molar-refractivity contribution >= 4 is 81.0 Å². The van der Waals surface area contributed by atoms with Crippen molar-refractivity contribution in [2.24, 2.45) is 4.99 Å². The van der Waals surface area contributed by atoms with Crippen molar-refractivity contribution in [1.82, 2.24) is 5.32 Å². The van der Waals surface area contributed by atoms with Crippen LogP contribution in [0.5, 0.6) is 5.75 Å². The molecule has 4 rings (SSSR count). The van der Waals surface area contributed by atoms with Crippen LogP contribution in [-0.2, 0) is 11.4 Å². The van der Waals surface area contributed by atoms with Crippen molar-refractivity contribution in [2.75, 3.05) is 0 Å². The molecule has 1 fully saturated rings. The molecule has 1 aliphatic heterocycles. The molecule has 0 aliphatic carbocycles. The van der Waals surface area contributed by atoms with E-state index in [1.807, 2.05) is 0 Å². The third-order valence-corrected chi connectivity index (χ3v) is 6.35. The van der Waals surface area contributed by atoms with Gasteiger partial charge >= 0.3 is 0 Å². The van der Waals surface area contributed by atoms with Crippen molar-refractivity contribution < 1.29 is 9.53 Å². The summed E-state index contributed by atoms with van der Waals surface area (Å²) in [7, 11) is 0. The minimum Gasteiger partial charge on any atom is -0.488 e. The zero-order chi connectivity index (χ0) is 22.7. The number of amides is 1. The van der Waals surface area contributed by atoms with Gasteiger partial charge in [-0.25, -0.2) is 4.99 Å². The third kappa shape index (κ3) is 5.80. The molecule has 0 unspecified atom stereocenters. The van der Waals surface area contributed by atoms with E-state index >= 15 is 0 Å². The van der Waals surface area contributed by atoms with E-state index in [4.69, 9.17) is 51.1 Å². The molecule has 0 saturated carbocycles. The number of nitrogens with one attached hydrogen (secondary N) is 1. The highest BCUT2D eigenvalue weighted by atomic mass is 35.5. The predicted molar refractivity (Wildman–Crippen MR) is 135 cm³/mol. The van der Waals surface area contributed by atoms with E-state index in [0.29, 0.717) is 47.2 Å².